The molecule has 1 saturated heterocycles. The third-order valence-corrected chi connectivity index (χ3v) is 5.97. The Hall–Kier alpha value is -2.10. The Kier molecular flexibility index (Phi) is 9.37. The van der Waals surface area contributed by atoms with Crippen molar-refractivity contribution in [2.24, 2.45) is 4.99 Å². The number of benzene rings is 2. The maximum atomic E-state index is 5.56. The molecule has 4 rings (SSSR count). The van der Waals surface area contributed by atoms with Crippen molar-refractivity contribution in [3.8, 4) is 0 Å². The summed E-state index contributed by atoms with van der Waals surface area (Å²) in [6.07, 6.45) is 3.06. The second-order valence-electron chi connectivity index (χ2n) is 8.07. The van der Waals surface area contributed by atoms with Crippen LogP contribution in [-0.4, -0.2) is 62.3 Å². The van der Waals surface area contributed by atoms with E-state index in [0.717, 1.165) is 51.8 Å². The molecule has 1 aliphatic heterocycles. The van der Waals surface area contributed by atoms with Crippen molar-refractivity contribution in [3.05, 3.63) is 71.4 Å². The predicted octanol–water partition coefficient (Wildman–Crippen LogP) is 3.88. The van der Waals surface area contributed by atoms with Crippen LogP contribution in [0.4, 0.5) is 0 Å². The van der Waals surface area contributed by atoms with Gasteiger partial charge in [0.25, 0.3) is 0 Å². The summed E-state index contributed by atoms with van der Waals surface area (Å²) in [7, 11) is 1.83. The summed E-state index contributed by atoms with van der Waals surface area (Å²) in [4.78, 5) is 10.3. The topological polar surface area (TPSA) is 64.7 Å². The fourth-order valence-electron chi connectivity index (χ4n) is 4.26. The first kappa shape index (κ1) is 24.5. The third kappa shape index (κ3) is 6.24. The highest BCUT2D eigenvalue weighted by atomic mass is 127. The van der Waals surface area contributed by atoms with Crippen molar-refractivity contribution in [2.75, 3.05) is 46.4 Å². The van der Waals surface area contributed by atoms with Gasteiger partial charge in [0.2, 0.25) is 0 Å². The molecule has 0 saturated carbocycles. The van der Waals surface area contributed by atoms with E-state index in [1.54, 1.807) is 0 Å². The third-order valence-electron chi connectivity index (χ3n) is 5.97. The number of nitrogens with one attached hydrogen (secondary N) is 3. The molecule has 3 aromatic rings. The van der Waals surface area contributed by atoms with E-state index in [-0.39, 0.29) is 24.0 Å². The number of aliphatic imine (C=N–C) groups is 1. The molecule has 0 bridgehead atoms. The monoisotopic (exact) mass is 547 g/mol. The molecule has 2 aromatic carbocycles. The summed E-state index contributed by atoms with van der Waals surface area (Å²) in [5.41, 5.74) is 5.13. The number of ether oxygens (including phenoxy) is 1. The summed E-state index contributed by atoms with van der Waals surface area (Å²) >= 11 is 0. The molecule has 0 aliphatic carbocycles. The fraction of sp³-hybridized carbons (Fsp3) is 0.400. The number of fused-ring (bicyclic) bond motifs is 1. The average Bonchev–Trinajstić information content (AvgIpc) is 3.21. The zero-order valence-electron chi connectivity index (χ0n) is 18.9. The van der Waals surface area contributed by atoms with Gasteiger partial charge < -0.3 is 20.4 Å². The van der Waals surface area contributed by atoms with Crippen LogP contribution in [0.3, 0.4) is 0 Å². The minimum atomic E-state index is 0. The van der Waals surface area contributed by atoms with Crippen LogP contribution in [-0.2, 0) is 11.2 Å². The Balaban J connectivity index is 0.00000289. The number of aromatic amines is 1. The number of H-pyrrole nitrogens is 1. The smallest absolute Gasteiger partial charge is 0.191 e. The predicted molar refractivity (Wildman–Crippen MR) is 143 cm³/mol. The van der Waals surface area contributed by atoms with Gasteiger partial charge in [0.15, 0.2) is 5.96 Å². The molecule has 32 heavy (non-hydrogen) atoms. The lowest BCUT2D eigenvalue weighted by atomic mass is 10.0. The lowest BCUT2D eigenvalue weighted by Crippen LogP contribution is -2.46. The van der Waals surface area contributed by atoms with Gasteiger partial charge in [-0.2, -0.15) is 0 Å². The van der Waals surface area contributed by atoms with E-state index in [1.807, 2.05) is 7.05 Å². The Bertz CT molecular complexity index is 998. The molecule has 7 heteroatoms. The fourth-order valence-corrected chi connectivity index (χ4v) is 4.26. The number of nitrogens with zero attached hydrogens (tertiary/aromatic N) is 2. The summed E-state index contributed by atoms with van der Waals surface area (Å²) in [6, 6.07) is 17.6. The van der Waals surface area contributed by atoms with E-state index in [2.05, 4.69) is 87.2 Å². The van der Waals surface area contributed by atoms with E-state index in [4.69, 9.17) is 4.74 Å². The van der Waals surface area contributed by atoms with Crippen molar-refractivity contribution < 1.29 is 4.74 Å². The van der Waals surface area contributed by atoms with Crippen molar-refractivity contribution in [1.82, 2.24) is 20.5 Å². The highest BCUT2D eigenvalue weighted by Crippen LogP contribution is 2.21. The molecule has 1 fully saturated rings. The van der Waals surface area contributed by atoms with Gasteiger partial charge in [-0.15, -0.1) is 24.0 Å². The van der Waals surface area contributed by atoms with Gasteiger partial charge in [0.1, 0.15) is 0 Å². The second-order valence-corrected chi connectivity index (χ2v) is 8.07. The van der Waals surface area contributed by atoms with Gasteiger partial charge in [-0.25, -0.2) is 0 Å². The minimum absolute atomic E-state index is 0. The standard InChI is InChI=1S/C25H33N5O.HI/c1-19-8-9-22-21(17-28-23(22)16-19)10-11-27-25(26-2)29-18-24(20-6-4-3-5-7-20)30-12-14-31-15-13-30;/h3-9,16-17,24,28H,10-15,18H2,1-2H3,(H2,26,27,29);1H. The van der Waals surface area contributed by atoms with Crippen LogP contribution < -0.4 is 10.6 Å². The lowest BCUT2D eigenvalue weighted by molar-refractivity contribution is 0.0170. The van der Waals surface area contributed by atoms with E-state index < -0.39 is 0 Å². The van der Waals surface area contributed by atoms with Crippen LogP contribution in [0.5, 0.6) is 0 Å². The number of aromatic nitrogens is 1. The Morgan fingerprint density at radius 3 is 2.66 bits per heavy atom. The van der Waals surface area contributed by atoms with Crippen LogP contribution in [0, 0.1) is 6.92 Å². The summed E-state index contributed by atoms with van der Waals surface area (Å²) in [5, 5.41) is 8.31. The Morgan fingerprint density at radius 2 is 1.91 bits per heavy atom. The number of hydrogen-bond donors (Lipinski definition) is 3. The minimum Gasteiger partial charge on any atom is -0.379 e. The largest absolute Gasteiger partial charge is 0.379 e. The number of aryl methyl sites for hydroxylation is 1. The molecular weight excluding hydrogens is 513 g/mol. The summed E-state index contributed by atoms with van der Waals surface area (Å²) in [6.45, 7) is 7.24. The molecule has 1 unspecified atom stereocenters. The van der Waals surface area contributed by atoms with Crippen LogP contribution in [0.25, 0.3) is 10.9 Å². The normalized spacial score (nSPS) is 15.9. The van der Waals surface area contributed by atoms with Crippen LogP contribution >= 0.6 is 24.0 Å². The summed E-state index contributed by atoms with van der Waals surface area (Å²) < 4.78 is 5.56. The zero-order valence-corrected chi connectivity index (χ0v) is 21.3. The zero-order chi connectivity index (χ0) is 21.5. The summed E-state index contributed by atoms with van der Waals surface area (Å²) in [5.74, 6) is 0.838. The maximum absolute atomic E-state index is 5.56. The van der Waals surface area contributed by atoms with Crippen LogP contribution in [0.15, 0.2) is 59.7 Å². The van der Waals surface area contributed by atoms with Gasteiger partial charge >= 0.3 is 0 Å². The molecule has 0 radical (unpaired) electrons. The van der Waals surface area contributed by atoms with Gasteiger partial charge in [-0.1, -0.05) is 42.5 Å². The molecule has 172 valence electrons. The highest BCUT2D eigenvalue weighted by Gasteiger charge is 2.22. The van der Waals surface area contributed by atoms with Gasteiger partial charge in [0.05, 0.1) is 19.3 Å². The van der Waals surface area contributed by atoms with Gasteiger partial charge in [0, 0.05) is 50.3 Å². The lowest BCUT2D eigenvalue weighted by Gasteiger charge is -2.35. The highest BCUT2D eigenvalue weighted by molar-refractivity contribution is 14.0. The average molecular weight is 547 g/mol. The van der Waals surface area contributed by atoms with Crippen molar-refractivity contribution >= 4 is 40.8 Å². The first-order chi connectivity index (χ1) is 15.2. The molecule has 0 amide bonds. The van der Waals surface area contributed by atoms with Crippen molar-refractivity contribution in [2.45, 2.75) is 19.4 Å². The first-order valence-corrected chi connectivity index (χ1v) is 11.1. The van der Waals surface area contributed by atoms with Crippen LogP contribution in [0.1, 0.15) is 22.7 Å². The van der Waals surface area contributed by atoms with Crippen molar-refractivity contribution in [1.29, 1.82) is 0 Å². The molecule has 0 spiro atoms. The molecule has 1 aliphatic rings. The molecule has 6 nitrogen and oxygen atoms in total. The Morgan fingerprint density at radius 1 is 1.12 bits per heavy atom. The van der Waals surface area contributed by atoms with Gasteiger partial charge in [-0.3, -0.25) is 9.89 Å². The SMILES string of the molecule is CN=C(NCCc1c[nH]c2cc(C)ccc12)NCC(c1ccccc1)N1CCOCC1.I. The Labute approximate surface area is 207 Å². The molecule has 1 atom stereocenters. The number of rotatable bonds is 7. The van der Waals surface area contributed by atoms with Crippen LogP contribution in [0.2, 0.25) is 0 Å². The number of guanidine groups is 1. The molecule has 2 heterocycles. The quantitative estimate of drug-likeness (QED) is 0.239. The van der Waals surface area contributed by atoms with Crippen molar-refractivity contribution in [3.63, 3.8) is 0 Å². The molecule has 3 N–H and O–H groups in total. The van der Waals surface area contributed by atoms with E-state index in [9.17, 15) is 0 Å². The molecular formula is C25H34IN5O. The van der Waals surface area contributed by atoms with E-state index in [1.165, 1.54) is 27.6 Å². The number of hydrogen-bond acceptors (Lipinski definition) is 3. The van der Waals surface area contributed by atoms with Gasteiger partial charge in [-0.05, 0) is 36.1 Å². The number of halogens is 1. The molecule has 1 aromatic heterocycles. The van der Waals surface area contributed by atoms with E-state index in [0.29, 0.717) is 6.04 Å². The first-order valence-electron chi connectivity index (χ1n) is 11.1. The maximum Gasteiger partial charge on any atom is 0.191 e. The number of morpholine rings is 1. The van der Waals surface area contributed by atoms with E-state index >= 15 is 0 Å². The second kappa shape index (κ2) is 12.2.